The molecule has 2 saturated heterocycles. The van der Waals surface area contributed by atoms with Gasteiger partial charge in [-0.3, -0.25) is 4.79 Å². The SMILES string of the molecule is Cc1ccc(F)c(OC(=O)C2CCN(C(=O)N3CCCC3)CC2)c1. The fraction of sp³-hybridized carbons (Fsp3) is 0.556. The molecule has 0 aromatic heterocycles. The first-order valence-electron chi connectivity index (χ1n) is 8.56. The smallest absolute Gasteiger partial charge is 0.319 e. The molecule has 0 aliphatic carbocycles. The summed E-state index contributed by atoms with van der Waals surface area (Å²) < 4.78 is 18.9. The average molecular weight is 334 g/mol. The van der Waals surface area contributed by atoms with Crippen molar-refractivity contribution in [3.8, 4) is 5.75 Å². The van der Waals surface area contributed by atoms with E-state index in [0.29, 0.717) is 25.9 Å². The van der Waals surface area contributed by atoms with Gasteiger partial charge in [-0.2, -0.15) is 0 Å². The Balaban J connectivity index is 1.53. The Kier molecular flexibility index (Phi) is 5.02. The van der Waals surface area contributed by atoms with Gasteiger partial charge in [-0.15, -0.1) is 0 Å². The number of carbonyl (C=O) groups is 2. The fourth-order valence-corrected chi connectivity index (χ4v) is 3.30. The summed E-state index contributed by atoms with van der Waals surface area (Å²) in [6.07, 6.45) is 3.25. The molecule has 0 unspecified atom stereocenters. The number of amides is 2. The Morgan fingerprint density at radius 1 is 1.08 bits per heavy atom. The number of urea groups is 1. The minimum Gasteiger partial charge on any atom is -0.423 e. The molecule has 3 rings (SSSR count). The Hall–Kier alpha value is -2.11. The van der Waals surface area contributed by atoms with E-state index in [0.717, 1.165) is 31.5 Å². The molecule has 0 saturated carbocycles. The molecule has 130 valence electrons. The van der Waals surface area contributed by atoms with Crippen LogP contribution in [0.15, 0.2) is 18.2 Å². The molecule has 2 heterocycles. The number of hydrogen-bond donors (Lipinski definition) is 0. The van der Waals surface area contributed by atoms with Gasteiger partial charge >= 0.3 is 12.0 Å². The number of benzene rings is 1. The molecule has 0 spiro atoms. The Morgan fingerprint density at radius 2 is 1.71 bits per heavy atom. The number of likely N-dealkylation sites (tertiary alicyclic amines) is 2. The lowest BCUT2D eigenvalue weighted by atomic mass is 9.97. The molecule has 1 aromatic rings. The van der Waals surface area contributed by atoms with E-state index in [1.807, 2.05) is 16.7 Å². The van der Waals surface area contributed by atoms with E-state index < -0.39 is 11.8 Å². The molecule has 6 heteroatoms. The maximum Gasteiger partial charge on any atom is 0.319 e. The molecule has 24 heavy (non-hydrogen) atoms. The highest BCUT2D eigenvalue weighted by Gasteiger charge is 2.31. The Morgan fingerprint density at radius 3 is 2.38 bits per heavy atom. The number of nitrogens with zero attached hydrogens (tertiary/aromatic N) is 2. The van der Waals surface area contributed by atoms with E-state index in [-0.39, 0.29) is 17.7 Å². The molecule has 0 atom stereocenters. The molecule has 2 fully saturated rings. The van der Waals surface area contributed by atoms with Crippen molar-refractivity contribution in [1.29, 1.82) is 0 Å². The highest BCUT2D eigenvalue weighted by molar-refractivity contribution is 5.77. The number of esters is 1. The van der Waals surface area contributed by atoms with Crippen molar-refractivity contribution in [2.24, 2.45) is 5.92 Å². The number of aryl methyl sites for hydroxylation is 1. The van der Waals surface area contributed by atoms with Crippen molar-refractivity contribution in [2.45, 2.75) is 32.6 Å². The van der Waals surface area contributed by atoms with Crippen molar-refractivity contribution < 1.29 is 18.7 Å². The fourth-order valence-electron chi connectivity index (χ4n) is 3.30. The predicted molar refractivity (Wildman–Crippen MR) is 87.3 cm³/mol. The molecule has 0 N–H and O–H groups in total. The lowest BCUT2D eigenvalue weighted by Gasteiger charge is -2.33. The molecular formula is C18H23FN2O3. The number of hydrogen-bond acceptors (Lipinski definition) is 3. The first kappa shape index (κ1) is 16.7. The van der Waals surface area contributed by atoms with E-state index in [2.05, 4.69) is 0 Å². The first-order chi connectivity index (χ1) is 11.5. The summed E-state index contributed by atoms with van der Waals surface area (Å²) in [6, 6.07) is 4.54. The van der Waals surface area contributed by atoms with Gasteiger partial charge in [0.25, 0.3) is 0 Å². The van der Waals surface area contributed by atoms with Gasteiger partial charge in [0.2, 0.25) is 0 Å². The minimum absolute atomic E-state index is 0.0180. The summed E-state index contributed by atoms with van der Waals surface area (Å²) >= 11 is 0. The molecule has 2 aliphatic rings. The minimum atomic E-state index is -0.532. The van der Waals surface area contributed by atoms with Gasteiger partial charge in [-0.05, 0) is 50.3 Å². The first-order valence-corrected chi connectivity index (χ1v) is 8.56. The van der Waals surface area contributed by atoms with Gasteiger partial charge in [-0.1, -0.05) is 6.07 Å². The third-order valence-corrected chi connectivity index (χ3v) is 4.77. The van der Waals surface area contributed by atoms with Crippen LogP contribution < -0.4 is 4.74 Å². The molecule has 5 nitrogen and oxygen atoms in total. The van der Waals surface area contributed by atoms with Crippen LogP contribution in [0.2, 0.25) is 0 Å². The van der Waals surface area contributed by atoms with E-state index >= 15 is 0 Å². The predicted octanol–water partition coefficient (Wildman–Crippen LogP) is 2.97. The summed E-state index contributed by atoms with van der Waals surface area (Å²) in [5, 5.41) is 0. The van der Waals surface area contributed by atoms with Crippen molar-refractivity contribution >= 4 is 12.0 Å². The van der Waals surface area contributed by atoms with Gasteiger partial charge in [0, 0.05) is 26.2 Å². The Bertz CT molecular complexity index is 621. The number of piperidine rings is 1. The molecule has 1 aromatic carbocycles. The summed E-state index contributed by atoms with van der Waals surface area (Å²) in [6.45, 7) is 4.57. The second-order valence-electron chi connectivity index (χ2n) is 6.59. The third-order valence-electron chi connectivity index (χ3n) is 4.77. The normalized spacial score (nSPS) is 18.8. The number of carbonyl (C=O) groups excluding carboxylic acids is 2. The zero-order chi connectivity index (χ0) is 17.1. The van der Waals surface area contributed by atoms with E-state index in [1.165, 1.54) is 12.1 Å². The summed E-state index contributed by atoms with van der Waals surface area (Å²) in [7, 11) is 0. The van der Waals surface area contributed by atoms with E-state index in [9.17, 15) is 14.0 Å². The Labute approximate surface area is 141 Å². The van der Waals surface area contributed by atoms with E-state index in [4.69, 9.17) is 4.74 Å². The quantitative estimate of drug-likeness (QED) is 0.617. The van der Waals surface area contributed by atoms with Crippen LogP contribution in [0.4, 0.5) is 9.18 Å². The number of rotatable bonds is 2. The summed E-state index contributed by atoms with van der Waals surface area (Å²) in [5.74, 6) is -1.24. The summed E-state index contributed by atoms with van der Waals surface area (Å²) in [4.78, 5) is 28.3. The van der Waals surface area contributed by atoms with E-state index in [1.54, 1.807) is 6.07 Å². The number of halogens is 1. The van der Waals surface area contributed by atoms with Crippen LogP contribution in [0.5, 0.6) is 5.75 Å². The largest absolute Gasteiger partial charge is 0.423 e. The summed E-state index contributed by atoms with van der Waals surface area (Å²) in [5.41, 5.74) is 0.838. The lowest BCUT2D eigenvalue weighted by Crippen LogP contribution is -2.46. The molecule has 2 aliphatic heterocycles. The monoisotopic (exact) mass is 334 g/mol. The van der Waals surface area contributed by atoms with Gasteiger partial charge in [0.1, 0.15) is 0 Å². The van der Waals surface area contributed by atoms with Crippen molar-refractivity contribution in [3.63, 3.8) is 0 Å². The van der Waals surface area contributed by atoms with Crippen LogP contribution in [-0.4, -0.2) is 48.0 Å². The van der Waals surface area contributed by atoms with Crippen LogP contribution >= 0.6 is 0 Å². The third kappa shape index (κ3) is 3.68. The zero-order valence-corrected chi connectivity index (χ0v) is 14.0. The standard InChI is InChI=1S/C18H23FN2O3/c1-13-4-5-15(19)16(12-13)24-17(22)14-6-10-21(11-7-14)18(23)20-8-2-3-9-20/h4-5,12,14H,2-3,6-11H2,1H3. The topological polar surface area (TPSA) is 49.9 Å². The van der Waals surface area contributed by atoms with Crippen LogP contribution in [-0.2, 0) is 4.79 Å². The second-order valence-corrected chi connectivity index (χ2v) is 6.59. The number of ether oxygens (including phenoxy) is 1. The van der Waals surface area contributed by atoms with Crippen molar-refractivity contribution in [2.75, 3.05) is 26.2 Å². The van der Waals surface area contributed by atoms with Gasteiger partial charge in [-0.25, -0.2) is 9.18 Å². The maximum absolute atomic E-state index is 13.7. The van der Waals surface area contributed by atoms with Gasteiger partial charge in [0.05, 0.1) is 5.92 Å². The maximum atomic E-state index is 13.7. The van der Waals surface area contributed by atoms with Gasteiger partial charge < -0.3 is 14.5 Å². The average Bonchev–Trinajstić information content (AvgIpc) is 3.12. The lowest BCUT2D eigenvalue weighted by molar-refractivity contribution is -0.140. The van der Waals surface area contributed by atoms with Crippen LogP contribution in [0.1, 0.15) is 31.2 Å². The van der Waals surface area contributed by atoms with Gasteiger partial charge in [0.15, 0.2) is 11.6 Å². The van der Waals surface area contributed by atoms with Crippen LogP contribution in [0.25, 0.3) is 0 Å². The zero-order valence-electron chi connectivity index (χ0n) is 14.0. The second kappa shape index (κ2) is 7.20. The van der Waals surface area contributed by atoms with Crippen molar-refractivity contribution in [3.05, 3.63) is 29.6 Å². The molecular weight excluding hydrogens is 311 g/mol. The molecule has 0 bridgehead atoms. The van der Waals surface area contributed by atoms with Crippen molar-refractivity contribution in [1.82, 2.24) is 9.80 Å². The van der Waals surface area contributed by atoms with Crippen LogP contribution in [0, 0.1) is 18.7 Å². The highest BCUT2D eigenvalue weighted by Crippen LogP contribution is 2.24. The highest BCUT2D eigenvalue weighted by atomic mass is 19.1. The molecule has 0 radical (unpaired) electrons. The van der Waals surface area contributed by atoms with Crippen LogP contribution in [0.3, 0.4) is 0 Å². The molecule has 2 amide bonds.